The summed E-state index contributed by atoms with van der Waals surface area (Å²) in [6, 6.07) is 3.43. The minimum Gasteiger partial charge on any atom is -0.480 e. The molecule has 6 nitrogen and oxygen atoms in total. The van der Waals surface area contributed by atoms with Crippen LogP contribution in [0.5, 0.6) is 5.75 Å². The standard InChI is InChI=1S/C11H9NO5/c12-7(10(14)15)4-5-1-2-8-6(3-5)9(13)11(16)17-8/h1-3,7H,4,12H2,(H,14,15)/t7-/m0/s1. The van der Waals surface area contributed by atoms with Gasteiger partial charge in [0.25, 0.3) is 5.78 Å². The molecule has 88 valence electrons. The number of Topliss-reactive ketones (excluding diaryl/α,β-unsaturated/α-hetero) is 1. The summed E-state index contributed by atoms with van der Waals surface area (Å²) >= 11 is 0. The number of hydrogen-bond acceptors (Lipinski definition) is 5. The Kier molecular flexibility index (Phi) is 2.64. The van der Waals surface area contributed by atoms with Gasteiger partial charge in [-0.25, -0.2) is 4.79 Å². The lowest BCUT2D eigenvalue weighted by Gasteiger charge is -2.06. The lowest BCUT2D eigenvalue weighted by Crippen LogP contribution is -2.32. The predicted molar refractivity (Wildman–Crippen MR) is 55.7 cm³/mol. The fraction of sp³-hybridized carbons (Fsp3) is 0.182. The second-order valence-corrected chi connectivity index (χ2v) is 3.70. The van der Waals surface area contributed by atoms with Crippen LogP contribution in [0.3, 0.4) is 0 Å². The second kappa shape index (κ2) is 3.99. The van der Waals surface area contributed by atoms with Crippen LogP contribution in [0.2, 0.25) is 0 Å². The van der Waals surface area contributed by atoms with Gasteiger partial charge in [-0.15, -0.1) is 0 Å². The van der Waals surface area contributed by atoms with E-state index in [9.17, 15) is 14.4 Å². The summed E-state index contributed by atoms with van der Waals surface area (Å²) in [7, 11) is 0. The smallest absolute Gasteiger partial charge is 0.385 e. The zero-order valence-corrected chi connectivity index (χ0v) is 8.67. The Balaban J connectivity index is 2.26. The predicted octanol–water partition coefficient (Wildman–Crippen LogP) is -0.257. The number of esters is 1. The molecule has 1 aliphatic rings. The number of nitrogens with two attached hydrogens (primary N) is 1. The molecule has 1 heterocycles. The number of hydrogen-bond donors (Lipinski definition) is 2. The molecule has 0 bridgehead atoms. The van der Waals surface area contributed by atoms with Crippen molar-refractivity contribution in [3.05, 3.63) is 29.3 Å². The van der Waals surface area contributed by atoms with Crippen LogP contribution in [0.4, 0.5) is 0 Å². The van der Waals surface area contributed by atoms with Crippen molar-refractivity contribution in [1.29, 1.82) is 0 Å². The van der Waals surface area contributed by atoms with Crippen LogP contribution >= 0.6 is 0 Å². The van der Waals surface area contributed by atoms with E-state index in [1.165, 1.54) is 12.1 Å². The molecule has 2 rings (SSSR count). The van der Waals surface area contributed by atoms with Crippen molar-refractivity contribution in [3.63, 3.8) is 0 Å². The highest BCUT2D eigenvalue weighted by Crippen LogP contribution is 2.27. The number of carboxylic acids is 1. The van der Waals surface area contributed by atoms with Crippen LogP contribution < -0.4 is 10.5 Å². The van der Waals surface area contributed by atoms with E-state index >= 15 is 0 Å². The summed E-state index contributed by atoms with van der Waals surface area (Å²) in [5, 5.41) is 8.66. The van der Waals surface area contributed by atoms with E-state index in [0.717, 1.165) is 0 Å². The third kappa shape index (κ3) is 2.02. The van der Waals surface area contributed by atoms with Crippen LogP contribution in [0.15, 0.2) is 18.2 Å². The Morgan fingerprint density at radius 2 is 2.12 bits per heavy atom. The Labute approximate surface area is 96.0 Å². The number of ketones is 1. The van der Waals surface area contributed by atoms with Crippen LogP contribution in [-0.2, 0) is 16.0 Å². The van der Waals surface area contributed by atoms with Crippen LogP contribution in [0, 0.1) is 0 Å². The molecule has 0 spiro atoms. The lowest BCUT2D eigenvalue weighted by atomic mass is 10.0. The van der Waals surface area contributed by atoms with Crippen molar-refractivity contribution in [3.8, 4) is 5.75 Å². The Morgan fingerprint density at radius 3 is 2.76 bits per heavy atom. The first kappa shape index (κ1) is 11.3. The number of rotatable bonds is 3. The van der Waals surface area contributed by atoms with Gasteiger partial charge in [-0.05, 0) is 24.1 Å². The number of carbonyl (C=O) groups is 3. The molecule has 6 heteroatoms. The van der Waals surface area contributed by atoms with Crippen molar-refractivity contribution in [2.24, 2.45) is 5.73 Å². The molecule has 0 aliphatic carbocycles. The maximum Gasteiger partial charge on any atom is 0.385 e. The van der Waals surface area contributed by atoms with Gasteiger partial charge in [0.1, 0.15) is 11.8 Å². The highest BCUT2D eigenvalue weighted by Gasteiger charge is 2.31. The van der Waals surface area contributed by atoms with Gasteiger partial charge < -0.3 is 15.6 Å². The Bertz CT molecular complexity index is 523. The molecule has 0 saturated heterocycles. The van der Waals surface area contributed by atoms with Gasteiger partial charge in [-0.2, -0.15) is 0 Å². The molecule has 1 atom stereocenters. The van der Waals surface area contributed by atoms with E-state index in [2.05, 4.69) is 0 Å². The summed E-state index contributed by atoms with van der Waals surface area (Å²) in [6.07, 6.45) is 0.0874. The summed E-state index contributed by atoms with van der Waals surface area (Å²) in [4.78, 5) is 32.9. The first-order valence-electron chi connectivity index (χ1n) is 4.87. The number of benzene rings is 1. The minimum atomic E-state index is -1.12. The largest absolute Gasteiger partial charge is 0.480 e. The summed E-state index contributed by atoms with van der Waals surface area (Å²) < 4.78 is 4.69. The first-order chi connectivity index (χ1) is 7.99. The maximum atomic E-state index is 11.3. The number of carboxylic acid groups (broad SMARTS) is 1. The molecular formula is C11H9NO5. The molecule has 3 N–H and O–H groups in total. The molecule has 1 aliphatic heterocycles. The van der Waals surface area contributed by atoms with Crippen LogP contribution in [0.1, 0.15) is 15.9 Å². The molecule has 0 amide bonds. The van der Waals surface area contributed by atoms with E-state index in [1.54, 1.807) is 6.07 Å². The molecule has 0 fully saturated rings. The van der Waals surface area contributed by atoms with Gasteiger partial charge in [0, 0.05) is 0 Å². The van der Waals surface area contributed by atoms with Gasteiger partial charge in [-0.3, -0.25) is 9.59 Å². The third-order valence-electron chi connectivity index (χ3n) is 2.45. The zero-order valence-electron chi connectivity index (χ0n) is 8.67. The van der Waals surface area contributed by atoms with E-state index in [4.69, 9.17) is 15.6 Å². The molecule has 1 aromatic rings. The topological polar surface area (TPSA) is 107 Å². The first-order valence-corrected chi connectivity index (χ1v) is 4.87. The number of carbonyl (C=O) groups excluding carboxylic acids is 2. The molecule has 0 unspecified atom stereocenters. The molecule has 1 aromatic carbocycles. The Morgan fingerprint density at radius 1 is 1.41 bits per heavy atom. The van der Waals surface area contributed by atoms with Gasteiger partial charge in [-0.1, -0.05) is 6.07 Å². The van der Waals surface area contributed by atoms with Crippen molar-refractivity contribution < 1.29 is 24.2 Å². The van der Waals surface area contributed by atoms with Gasteiger partial charge in [0.2, 0.25) is 0 Å². The van der Waals surface area contributed by atoms with Gasteiger partial charge in [0.15, 0.2) is 0 Å². The fourth-order valence-electron chi connectivity index (χ4n) is 1.57. The highest BCUT2D eigenvalue weighted by atomic mass is 16.5. The van der Waals surface area contributed by atoms with Gasteiger partial charge in [0.05, 0.1) is 5.56 Å². The molecule has 0 saturated carbocycles. The van der Waals surface area contributed by atoms with E-state index < -0.39 is 23.8 Å². The number of fused-ring (bicyclic) bond motifs is 1. The summed E-state index contributed by atoms with van der Waals surface area (Å²) in [5.41, 5.74) is 6.10. The normalized spacial score (nSPS) is 15.4. The zero-order chi connectivity index (χ0) is 12.6. The molecule has 0 aromatic heterocycles. The monoisotopic (exact) mass is 235 g/mol. The van der Waals surface area contributed by atoms with Crippen LogP contribution in [-0.4, -0.2) is 28.9 Å². The lowest BCUT2D eigenvalue weighted by molar-refractivity contribution is -0.138. The van der Waals surface area contributed by atoms with E-state index in [0.29, 0.717) is 5.56 Å². The van der Waals surface area contributed by atoms with Crippen molar-refractivity contribution in [1.82, 2.24) is 0 Å². The average molecular weight is 235 g/mol. The van der Waals surface area contributed by atoms with Gasteiger partial charge >= 0.3 is 11.9 Å². The van der Waals surface area contributed by atoms with Crippen molar-refractivity contribution >= 4 is 17.7 Å². The van der Waals surface area contributed by atoms with Crippen LogP contribution in [0.25, 0.3) is 0 Å². The molecule has 17 heavy (non-hydrogen) atoms. The number of aliphatic carboxylic acids is 1. The van der Waals surface area contributed by atoms with E-state index in [1.807, 2.05) is 0 Å². The molecular weight excluding hydrogens is 226 g/mol. The van der Waals surface area contributed by atoms with E-state index in [-0.39, 0.29) is 17.7 Å². The summed E-state index contributed by atoms with van der Waals surface area (Å²) in [6.45, 7) is 0. The average Bonchev–Trinajstić information content (AvgIpc) is 2.55. The van der Waals surface area contributed by atoms with Crippen molar-refractivity contribution in [2.45, 2.75) is 12.5 Å². The third-order valence-corrected chi connectivity index (χ3v) is 2.45. The summed E-state index contributed by atoms with van der Waals surface area (Å²) in [5.74, 6) is -2.55. The minimum absolute atomic E-state index is 0.0874. The van der Waals surface area contributed by atoms with Crippen molar-refractivity contribution in [2.75, 3.05) is 0 Å². The molecule has 0 radical (unpaired) electrons. The highest BCUT2D eigenvalue weighted by molar-refractivity contribution is 6.44. The number of ether oxygens (including phenoxy) is 1. The quantitative estimate of drug-likeness (QED) is 0.424. The fourth-order valence-corrected chi connectivity index (χ4v) is 1.57. The maximum absolute atomic E-state index is 11.3. The Hall–Kier alpha value is -2.21. The SMILES string of the molecule is N[C@@H](Cc1ccc2c(c1)C(=O)C(=O)O2)C(=O)O. The second-order valence-electron chi connectivity index (χ2n) is 3.70.